The molecule has 1 N–H and O–H groups in total. The van der Waals surface area contributed by atoms with E-state index in [1.807, 2.05) is 42.5 Å². The number of nitrogens with one attached hydrogen (secondary N) is 1. The van der Waals surface area contributed by atoms with E-state index in [2.05, 4.69) is 15.5 Å². The Hall–Kier alpha value is -2.92. The van der Waals surface area contributed by atoms with Crippen molar-refractivity contribution >= 4 is 23.2 Å². The molecular formula is C21H18ClN3O2. The maximum atomic E-state index is 12.3. The summed E-state index contributed by atoms with van der Waals surface area (Å²) >= 11 is 5.87. The van der Waals surface area contributed by atoms with Crippen LogP contribution < -0.4 is 10.1 Å². The van der Waals surface area contributed by atoms with Gasteiger partial charge in [0.2, 0.25) is 0 Å². The number of anilines is 1. The number of hydrogen-bond donors (Lipinski definition) is 1. The van der Waals surface area contributed by atoms with Crippen molar-refractivity contribution < 1.29 is 9.53 Å². The molecular weight excluding hydrogens is 362 g/mol. The van der Waals surface area contributed by atoms with Crippen molar-refractivity contribution in [3.63, 3.8) is 0 Å². The van der Waals surface area contributed by atoms with Gasteiger partial charge in [-0.05, 0) is 66.9 Å². The highest BCUT2D eigenvalue weighted by Gasteiger charge is 2.25. The largest absolute Gasteiger partial charge is 0.489 e. The summed E-state index contributed by atoms with van der Waals surface area (Å²) in [5, 5.41) is 11.7. The molecule has 1 saturated carbocycles. The summed E-state index contributed by atoms with van der Waals surface area (Å²) in [7, 11) is 0. The molecule has 0 radical (unpaired) electrons. The molecule has 0 saturated heterocycles. The highest BCUT2D eigenvalue weighted by molar-refractivity contribution is 6.30. The first kappa shape index (κ1) is 17.5. The smallest absolute Gasteiger partial charge is 0.276 e. The summed E-state index contributed by atoms with van der Waals surface area (Å²) in [4.78, 5) is 12.3. The van der Waals surface area contributed by atoms with Crippen LogP contribution in [0, 0.1) is 0 Å². The number of nitrogens with zero attached hydrogens (tertiary/aromatic N) is 2. The van der Waals surface area contributed by atoms with Crippen LogP contribution >= 0.6 is 11.6 Å². The summed E-state index contributed by atoms with van der Waals surface area (Å²) in [5.41, 5.74) is 2.98. The average molecular weight is 380 g/mol. The first-order chi connectivity index (χ1) is 13.2. The molecule has 1 aromatic heterocycles. The molecule has 3 aromatic rings. The predicted octanol–water partition coefficient (Wildman–Crippen LogP) is 4.84. The molecule has 2 aromatic carbocycles. The lowest BCUT2D eigenvalue weighted by Crippen LogP contribution is -2.14. The van der Waals surface area contributed by atoms with E-state index in [-0.39, 0.29) is 5.91 Å². The molecule has 0 spiro atoms. The van der Waals surface area contributed by atoms with Crippen molar-refractivity contribution in [3.05, 3.63) is 82.6 Å². The zero-order chi connectivity index (χ0) is 18.6. The number of halogens is 1. The van der Waals surface area contributed by atoms with Gasteiger partial charge in [-0.2, -0.15) is 5.10 Å². The SMILES string of the molecule is O=C(Nc1ccc(OCc2ccc(Cl)cc2)cc1)c1ccc(C2CC2)nn1. The molecule has 27 heavy (non-hydrogen) atoms. The van der Waals surface area contributed by atoms with Crippen molar-refractivity contribution in [1.82, 2.24) is 10.2 Å². The topological polar surface area (TPSA) is 64.1 Å². The van der Waals surface area contributed by atoms with Gasteiger partial charge in [-0.15, -0.1) is 5.10 Å². The monoisotopic (exact) mass is 379 g/mol. The Bertz CT molecular complexity index is 921. The lowest BCUT2D eigenvalue weighted by Gasteiger charge is -2.08. The molecule has 0 atom stereocenters. The van der Waals surface area contributed by atoms with E-state index in [0.717, 1.165) is 29.8 Å². The minimum Gasteiger partial charge on any atom is -0.489 e. The van der Waals surface area contributed by atoms with Crippen LogP contribution in [0.15, 0.2) is 60.7 Å². The van der Waals surface area contributed by atoms with Gasteiger partial charge in [-0.3, -0.25) is 4.79 Å². The minimum absolute atomic E-state index is 0.278. The molecule has 6 heteroatoms. The molecule has 5 nitrogen and oxygen atoms in total. The van der Waals surface area contributed by atoms with Crippen LogP contribution in [0.2, 0.25) is 5.02 Å². The lowest BCUT2D eigenvalue weighted by atomic mass is 10.2. The number of amides is 1. The van der Waals surface area contributed by atoms with Gasteiger partial charge < -0.3 is 10.1 Å². The number of carbonyl (C=O) groups is 1. The number of carbonyl (C=O) groups excluding carboxylic acids is 1. The molecule has 4 rings (SSSR count). The Morgan fingerprint density at radius 2 is 1.74 bits per heavy atom. The second-order valence-electron chi connectivity index (χ2n) is 6.51. The number of aromatic nitrogens is 2. The van der Waals surface area contributed by atoms with E-state index in [1.54, 1.807) is 18.2 Å². The van der Waals surface area contributed by atoms with Crippen molar-refractivity contribution in [1.29, 1.82) is 0 Å². The summed E-state index contributed by atoms with van der Waals surface area (Å²) in [5.74, 6) is 0.964. The quantitative estimate of drug-likeness (QED) is 0.665. The first-order valence-electron chi connectivity index (χ1n) is 8.80. The summed E-state index contributed by atoms with van der Waals surface area (Å²) < 4.78 is 5.74. The highest BCUT2D eigenvalue weighted by Crippen LogP contribution is 2.38. The van der Waals surface area contributed by atoms with Gasteiger partial charge in [0.25, 0.3) is 5.91 Å². The number of benzene rings is 2. The van der Waals surface area contributed by atoms with E-state index in [9.17, 15) is 4.79 Å². The summed E-state index contributed by atoms with van der Waals surface area (Å²) in [6, 6.07) is 18.3. The van der Waals surface area contributed by atoms with Crippen molar-refractivity contribution in [2.75, 3.05) is 5.32 Å². The van der Waals surface area contributed by atoms with Crippen molar-refractivity contribution in [3.8, 4) is 5.75 Å². The summed E-state index contributed by atoms with van der Waals surface area (Å²) in [6.45, 7) is 0.450. The Kier molecular flexibility index (Phi) is 5.03. The van der Waals surface area contributed by atoms with Gasteiger partial charge in [0.15, 0.2) is 5.69 Å². The average Bonchev–Trinajstić information content (AvgIpc) is 3.54. The lowest BCUT2D eigenvalue weighted by molar-refractivity contribution is 0.102. The van der Waals surface area contributed by atoms with E-state index in [4.69, 9.17) is 16.3 Å². The standard InChI is InChI=1S/C21H18ClN3O2/c22-16-5-1-14(2-6-16)13-27-18-9-7-17(8-10-18)23-21(26)20-12-11-19(24-25-20)15-3-4-15/h1-2,5-12,15H,3-4,13H2,(H,23,26). The first-order valence-corrected chi connectivity index (χ1v) is 9.17. The van der Waals surface area contributed by atoms with Crippen molar-refractivity contribution in [2.45, 2.75) is 25.4 Å². The van der Waals surface area contributed by atoms with Crippen LogP contribution in [0.4, 0.5) is 5.69 Å². The molecule has 1 aliphatic rings. The van der Waals surface area contributed by atoms with Crippen LogP contribution in [0.5, 0.6) is 5.75 Å². The molecule has 1 heterocycles. The molecule has 0 unspecified atom stereocenters. The fourth-order valence-corrected chi connectivity index (χ4v) is 2.76. The Labute approximate surface area is 162 Å². The zero-order valence-corrected chi connectivity index (χ0v) is 15.3. The molecule has 0 aliphatic heterocycles. The third kappa shape index (κ3) is 4.63. The highest BCUT2D eigenvalue weighted by atomic mass is 35.5. The Morgan fingerprint density at radius 3 is 2.37 bits per heavy atom. The third-order valence-corrected chi connectivity index (χ3v) is 4.60. The third-order valence-electron chi connectivity index (χ3n) is 4.34. The maximum Gasteiger partial charge on any atom is 0.276 e. The van der Waals surface area contributed by atoms with Gasteiger partial charge in [0.05, 0.1) is 5.69 Å². The summed E-state index contributed by atoms with van der Waals surface area (Å²) in [6.07, 6.45) is 2.32. The zero-order valence-electron chi connectivity index (χ0n) is 14.6. The van der Waals surface area contributed by atoms with Gasteiger partial charge in [-0.1, -0.05) is 23.7 Å². The normalized spacial score (nSPS) is 13.2. The van der Waals surface area contributed by atoms with Crippen LogP contribution in [0.3, 0.4) is 0 Å². The second-order valence-corrected chi connectivity index (χ2v) is 6.95. The van der Waals surface area contributed by atoms with Gasteiger partial charge >= 0.3 is 0 Å². The number of hydrogen-bond acceptors (Lipinski definition) is 4. The van der Waals surface area contributed by atoms with E-state index >= 15 is 0 Å². The molecule has 136 valence electrons. The minimum atomic E-state index is -0.278. The predicted molar refractivity (Wildman–Crippen MR) is 104 cm³/mol. The van der Waals surface area contributed by atoms with Crippen LogP contribution in [0.1, 0.15) is 40.5 Å². The fourth-order valence-electron chi connectivity index (χ4n) is 2.64. The van der Waals surface area contributed by atoms with Gasteiger partial charge in [0, 0.05) is 16.6 Å². The fraction of sp³-hybridized carbons (Fsp3) is 0.190. The number of ether oxygens (including phenoxy) is 1. The maximum absolute atomic E-state index is 12.3. The molecule has 1 fully saturated rings. The van der Waals surface area contributed by atoms with Gasteiger partial charge in [-0.25, -0.2) is 0 Å². The molecule has 0 bridgehead atoms. The molecule has 1 aliphatic carbocycles. The molecule has 1 amide bonds. The Balaban J connectivity index is 1.32. The van der Waals surface area contributed by atoms with E-state index < -0.39 is 0 Å². The number of rotatable bonds is 6. The van der Waals surface area contributed by atoms with E-state index in [0.29, 0.717) is 28.9 Å². The van der Waals surface area contributed by atoms with Crippen LogP contribution in [-0.2, 0) is 6.61 Å². The van der Waals surface area contributed by atoms with Crippen LogP contribution in [0.25, 0.3) is 0 Å². The van der Waals surface area contributed by atoms with Crippen molar-refractivity contribution in [2.24, 2.45) is 0 Å². The second kappa shape index (κ2) is 7.76. The van der Waals surface area contributed by atoms with E-state index in [1.165, 1.54) is 0 Å². The Morgan fingerprint density at radius 1 is 1.00 bits per heavy atom. The van der Waals surface area contributed by atoms with Crippen LogP contribution in [-0.4, -0.2) is 16.1 Å². The van der Waals surface area contributed by atoms with Gasteiger partial charge in [0.1, 0.15) is 12.4 Å².